The number of nitro groups is 1. The number of fused-ring (bicyclic) bond motifs is 1. The third-order valence-corrected chi connectivity index (χ3v) is 6.31. The van der Waals surface area contributed by atoms with E-state index in [1.54, 1.807) is 12.1 Å². The largest absolute Gasteiger partial charge is 0.481 e. The second-order valence-corrected chi connectivity index (χ2v) is 8.20. The van der Waals surface area contributed by atoms with Crippen LogP contribution < -0.4 is 4.74 Å². The van der Waals surface area contributed by atoms with E-state index in [-0.39, 0.29) is 40.0 Å². The average molecular weight is 490 g/mol. The van der Waals surface area contributed by atoms with Crippen LogP contribution in [-0.4, -0.2) is 35.1 Å². The Morgan fingerprint density at radius 3 is 2.71 bits per heavy atom. The Morgan fingerprint density at radius 2 is 2.06 bits per heavy atom. The van der Waals surface area contributed by atoms with E-state index in [9.17, 15) is 19.3 Å². The monoisotopic (exact) mass is 489 g/mol. The van der Waals surface area contributed by atoms with Gasteiger partial charge in [-0.2, -0.15) is 0 Å². The number of hydrogen-bond donors (Lipinski definition) is 0. The summed E-state index contributed by atoms with van der Waals surface area (Å²) < 4.78 is 24.4. The highest BCUT2D eigenvalue weighted by Crippen LogP contribution is 2.56. The standard InChI is InChI=1S/C21H17BrFN3O5/c1-30-18-5-3-4-15(25-18)11-8-21(9-11,20(27)31-2)19-12-6-13(22)14(23)7-16(12)24-10-17(19)26(28)29/h3-7,10-11H,8-9H2,1-2H3. The molecule has 0 radical (unpaired) electrons. The fourth-order valence-electron chi connectivity index (χ4n) is 4.25. The van der Waals surface area contributed by atoms with E-state index >= 15 is 0 Å². The van der Waals surface area contributed by atoms with Gasteiger partial charge in [0.2, 0.25) is 5.88 Å². The third-order valence-electron chi connectivity index (χ3n) is 5.70. The van der Waals surface area contributed by atoms with Crippen molar-refractivity contribution in [3.05, 3.63) is 68.2 Å². The number of aromatic nitrogens is 2. The zero-order valence-corrected chi connectivity index (χ0v) is 18.2. The van der Waals surface area contributed by atoms with Crippen LogP contribution in [0.2, 0.25) is 0 Å². The molecule has 4 rings (SSSR count). The summed E-state index contributed by atoms with van der Waals surface area (Å²) in [7, 11) is 2.75. The van der Waals surface area contributed by atoms with Crippen LogP contribution >= 0.6 is 15.9 Å². The van der Waals surface area contributed by atoms with Gasteiger partial charge in [0.15, 0.2) is 0 Å². The minimum absolute atomic E-state index is 0.119. The van der Waals surface area contributed by atoms with Crippen LogP contribution in [0.4, 0.5) is 10.1 Å². The van der Waals surface area contributed by atoms with Crippen molar-refractivity contribution in [2.75, 3.05) is 14.2 Å². The number of nitrogens with zero attached hydrogens (tertiary/aromatic N) is 3. The summed E-state index contributed by atoms with van der Waals surface area (Å²) in [5.74, 6) is -0.851. The predicted molar refractivity (Wildman–Crippen MR) is 113 cm³/mol. The summed E-state index contributed by atoms with van der Waals surface area (Å²) in [5, 5.41) is 12.2. The van der Waals surface area contributed by atoms with Crippen molar-refractivity contribution < 1.29 is 23.6 Å². The highest BCUT2D eigenvalue weighted by atomic mass is 79.9. The number of pyridine rings is 2. The van der Waals surface area contributed by atoms with Crippen molar-refractivity contribution in [2.24, 2.45) is 0 Å². The first-order valence-corrected chi connectivity index (χ1v) is 10.1. The molecule has 0 N–H and O–H groups in total. The van der Waals surface area contributed by atoms with Crippen molar-refractivity contribution in [3.8, 4) is 5.88 Å². The topological polar surface area (TPSA) is 104 Å². The van der Waals surface area contributed by atoms with Crippen LogP contribution in [0.5, 0.6) is 5.88 Å². The fraction of sp³-hybridized carbons (Fsp3) is 0.286. The number of carbonyl (C=O) groups excluding carboxylic acids is 1. The lowest BCUT2D eigenvalue weighted by molar-refractivity contribution is -0.386. The Labute approximate surface area is 184 Å². The maximum Gasteiger partial charge on any atom is 0.316 e. The molecule has 2 heterocycles. The van der Waals surface area contributed by atoms with E-state index in [0.717, 1.165) is 6.20 Å². The van der Waals surface area contributed by atoms with Gasteiger partial charge in [-0.05, 0) is 40.9 Å². The van der Waals surface area contributed by atoms with Gasteiger partial charge in [0, 0.05) is 29.1 Å². The number of ether oxygens (including phenoxy) is 2. The molecular weight excluding hydrogens is 473 g/mol. The lowest BCUT2D eigenvalue weighted by Gasteiger charge is -2.45. The molecule has 0 amide bonds. The molecular formula is C21H17BrFN3O5. The second-order valence-electron chi connectivity index (χ2n) is 7.34. The SMILES string of the molecule is COC(=O)C1(c2c([N+](=O)[O-])cnc3cc(F)c(Br)cc23)CC(c2cccc(OC)n2)C1. The van der Waals surface area contributed by atoms with Gasteiger partial charge in [0.25, 0.3) is 5.69 Å². The number of carbonyl (C=O) groups is 1. The van der Waals surface area contributed by atoms with Crippen molar-refractivity contribution in [1.82, 2.24) is 9.97 Å². The predicted octanol–water partition coefficient (Wildman–Crippen LogP) is 4.44. The van der Waals surface area contributed by atoms with Crippen molar-refractivity contribution in [2.45, 2.75) is 24.2 Å². The minimum atomic E-state index is -1.29. The maximum absolute atomic E-state index is 14.1. The summed E-state index contributed by atoms with van der Waals surface area (Å²) in [4.78, 5) is 32.7. The molecule has 1 aliphatic rings. The number of hydrogen-bond acceptors (Lipinski definition) is 7. The lowest BCUT2D eigenvalue weighted by atomic mass is 9.56. The number of esters is 1. The molecule has 31 heavy (non-hydrogen) atoms. The molecule has 2 aromatic heterocycles. The quantitative estimate of drug-likeness (QED) is 0.296. The zero-order valence-electron chi connectivity index (χ0n) is 16.6. The summed E-state index contributed by atoms with van der Waals surface area (Å²) in [6.07, 6.45) is 1.55. The molecule has 0 aliphatic heterocycles. The van der Waals surface area contributed by atoms with Crippen molar-refractivity contribution in [3.63, 3.8) is 0 Å². The van der Waals surface area contributed by atoms with E-state index in [4.69, 9.17) is 9.47 Å². The van der Waals surface area contributed by atoms with Gasteiger partial charge in [0.1, 0.15) is 17.4 Å². The molecule has 0 atom stereocenters. The number of benzene rings is 1. The van der Waals surface area contributed by atoms with Gasteiger partial charge in [0.05, 0.1) is 34.7 Å². The molecule has 10 heteroatoms. The molecule has 1 aromatic carbocycles. The van der Waals surface area contributed by atoms with Gasteiger partial charge in [-0.1, -0.05) is 6.07 Å². The Bertz CT molecular complexity index is 1210. The maximum atomic E-state index is 14.1. The molecule has 0 spiro atoms. The van der Waals surface area contributed by atoms with Crippen LogP contribution in [0.15, 0.2) is 41.0 Å². The Balaban J connectivity index is 1.90. The lowest BCUT2D eigenvalue weighted by Crippen LogP contribution is -2.48. The number of methoxy groups -OCH3 is 2. The van der Waals surface area contributed by atoms with Gasteiger partial charge in [-0.3, -0.25) is 14.9 Å². The summed E-state index contributed by atoms with van der Waals surface area (Å²) in [6.45, 7) is 0. The minimum Gasteiger partial charge on any atom is -0.481 e. The van der Waals surface area contributed by atoms with Crippen molar-refractivity contribution in [1.29, 1.82) is 0 Å². The Hall–Kier alpha value is -3.14. The van der Waals surface area contributed by atoms with Crippen LogP contribution in [0, 0.1) is 15.9 Å². The number of halogens is 2. The molecule has 160 valence electrons. The smallest absolute Gasteiger partial charge is 0.316 e. The molecule has 1 fully saturated rings. The van der Waals surface area contributed by atoms with E-state index < -0.39 is 22.1 Å². The summed E-state index contributed by atoms with van der Waals surface area (Å²) in [6, 6.07) is 7.92. The molecule has 8 nitrogen and oxygen atoms in total. The normalized spacial score (nSPS) is 20.2. The van der Waals surface area contributed by atoms with Crippen molar-refractivity contribution >= 4 is 38.5 Å². The first-order valence-electron chi connectivity index (χ1n) is 9.32. The van der Waals surface area contributed by atoms with E-state index in [1.165, 1.54) is 26.4 Å². The molecule has 0 saturated heterocycles. The van der Waals surface area contributed by atoms with E-state index in [0.29, 0.717) is 17.0 Å². The van der Waals surface area contributed by atoms with E-state index in [2.05, 4.69) is 25.9 Å². The van der Waals surface area contributed by atoms with Gasteiger partial charge >= 0.3 is 5.97 Å². The van der Waals surface area contributed by atoms with Crippen LogP contribution in [0.1, 0.15) is 30.0 Å². The second kappa shape index (κ2) is 7.84. The fourth-order valence-corrected chi connectivity index (χ4v) is 4.59. The number of rotatable bonds is 5. The third kappa shape index (κ3) is 3.40. The molecule has 0 bridgehead atoms. The highest BCUT2D eigenvalue weighted by molar-refractivity contribution is 9.10. The average Bonchev–Trinajstić information content (AvgIpc) is 2.73. The van der Waals surface area contributed by atoms with E-state index in [1.807, 2.05) is 6.07 Å². The molecule has 3 aromatic rings. The first kappa shape index (κ1) is 21.1. The van der Waals surface area contributed by atoms with Gasteiger partial charge in [-0.15, -0.1) is 0 Å². The summed E-state index contributed by atoms with van der Waals surface area (Å²) >= 11 is 3.12. The van der Waals surface area contributed by atoms with Crippen LogP contribution in [-0.2, 0) is 14.9 Å². The van der Waals surface area contributed by atoms with Crippen LogP contribution in [0.3, 0.4) is 0 Å². The molecule has 1 aliphatic carbocycles. The van der Waals surface area contributed by atoms with Gasteiger partial charge in [-0.25, -0.2) is 14.4 Å². The highest BCUT2D eigenvalue weighted by Gasteiger charge is 2.56. The zero-order chi connectivity index (χ0) is 22.3. The molecule has 0 unspecified atom stereocenters. The first-order chi connectivity index (χ1) is 14.8. The summed E-state index contributed by atoms with van der Waals surface area (Å²) in [5.41, 5.74) is -0.493. The molecule has 1 saturated carbocycles. The Morgan fingerprint density at radius 1 is 1.32 bits per heavy atom. The van der Waals surface area contributed by atoms with Gasteiger partial charge < -0.3 is 9.47 Å². The van der Waals surface area contributed by atoms with Crippen LogP contribution in [0.25, 0.3) is 10.9 Å². The Kier molecular flexibility index (Phi) is 5.34.